The summed E-state index contributed by atoms with van der Waals surface area (Å²) in [5.41, 5.74) is 0.314. The Kier molecular flexibility index (Phi) is 3.91. The van der Waals surface area contributed by atoms with Crippen LogP contribution in [0.15, 0.2) is 24.3 Å². The molecule has 1 aromatic carbocycles. The van der Waals surface area contributed by atoms with E-state index in [0.29, 0.717) is 23.0 Å². The lowest BCUT2D eigenvalue weighted by Gasteiger charge is -2.14. The van der Waals surface area contributed by atoms with Crippen molar-refractivity contribution in [3.8, 4) is 0 Å². The monoisotopic (exact) mass is 270 g/mol. The minimum absolute atomic E-state index is 0.314. The summed E-state index contributed by atoms with van der Waals surface area (Å²) in [5.74, 6) is 1.08. The Balaban J connectivity index is 2.02. The molecule has 0 aromatic heterocycles. The zero-order valence-corrected chi connectivity index (χ0v) is 10.6. The van der Waals surface area contributed by atoms with Crippen LogP contribution in [0.4, 0.5) is 4.79 Å². The zero-order chi connectivity index (χ0) is 12.3. The van der Waals surface area contributed by atoms with Gasteiger partial charge in [-0.05, 0) is 12.1 Å². The summed E-state index contributed by atoms with van der Waals surface area (Å²) in [7, 11) is 0. The van der Waals surface area contributed by atoms with Crippen LogP contribution in [0.25, 0.3) is 0 Å². The predicted octanol–water partition coefficient (Wildman–Crippen LogP) is 2.20. The Morgan fingerprint density at radius 3 is 2.76 bits per heavy atom. The summed E-state index contributed by atoms with van der Waals surface area (Å²) in [5, 5.41) is 2.67. The van der Waals surface area contributed by atoms with E-state index in [1.807, 2.05) is 0 Å². The number of thioether (sulfide) groups is 1. The largest absolute Gasteiger partial charge is 0.325 e. The number of benzene rings is 1. The zero-order valence-electron chi connectivity index (χ0n) is 8.98. The summed E-state index contributed by atoms with van der Waals surface area (Å²) < 4.78 is 0. The van der Waals surface area contributed by atoms with E-state index in [1.54, 1.807) is 40.9 Å². The fourth-order valence-electron chi connectivity index (χ4n) is 1.46. The van der Waals surface area contributed by atoms with Crippen LogP contribution in [0.3, 0.4) is 0 Å². The first-order valence-corrected chi connectivity index (χ1v) is 6.64. The third kappa shape index (κ3) is 2.92. The van der Waals surface area contributed by atoms with Crippen LogP contribution in [0, 0.1) is 0 Å². The molecule has 1 aliphatic rings. The van der Waals surface area contributed by atoms with Crippen LogP contribution >= 0.6 is 23.4 Å². The van der Waals surface area contributed by atoms with E-state index in [1.165, 1.54) is 0 Å². The molecule has 0 unspecified atom stereocenters. The second-order valence-corrected chi connectivity index (χ2v) is 5.02. The lowest BCUT2D eigenvalue weighted by atomic mass is 10.2. The SMILES string of the molecule is O=C(NC(=O)N1CCSC1)c1ccccc1Cl. The normalized spacial score (nSPS) is 14.8. The number of carbonyl (C=O) groups is 2. The van der Waals surface area contributed by atoms with Crippen LogP contribution in [0.5, 0.6) is 0 Å². The lowest BCUT2D eigenvalue weighted by molar-refractivity contribution is 0.0955. The van der Waals surface area contributed by atoms with Gasteiger partial charge in [-0.15, -0.1) is 11.8 Å². The van der Waals surface area contributed by atoms with Gasteiger partial charge in [0.15, 0.2) is 0 Å². The number of carbonyl (C=O) groups excluding carboxylic acids is 2. The molecular weight excluding hydrogens is 260 g/mol. The van der Waals surface area contributed by atoms with E-state index < -0.39 is 5.91 Å². The number of urea groups is 1. The first kappa shape index (κ1) is 12.3. The van der Waals surface area contributed by atoms with Gasteiger partial charge >= 0.3 is 6.03 Å². The lowest BCUT2D eigenvalue weighted by Crippen LogP contribution is -2.41. The molecule has 0 atom stereocenters. The van der Waals surface area contributed by atoms with E-state index in [2.05, 4.69) is 5.32 Å². The highest BCUT2D eigenvalue weighted by molar-refractivity contribution is 7.99. The van der Waals surface area contributed by atoms with Crippen LogP contribution < -0.4 is 5.32 Å². The molecule has 0 spiro atoms. The number of hydrogen-bond acceptors (Lipinski definition) is 3. The minimum atomic E-state index is -0.461. The van der Waals surface area contributed by atoms with Gasteiger partial charge in [-0.3, -0.25) is 10.1 Å². The molecule has 1 N–H and O–H groups in total. The van der Waals surface area contributed by atoms with Gasteiger partial charge < -0.3 is 4.90 Å². The van der Waals surface area contributed by atoms with Gasteiger partial charge in [0.05, 0.1) is 16.5 Å². The Morgan fingerprint density at radius 2 is 2.12 bits per heavy atom. The number of imide groups is 1. The van der Waals surface area contributed by atoms with E-state index in [-0.39, 0.29) is 6.03 Å². The number of halogens is 1. The minimum Gasteiger partial charge on any atom is -0.314 e. The Hall–Kier alpha value is -1.20. The fourth-order valence-corrected chi connectivity index (χ4v) is 2.63. The van der Waals surface area contributed by atoms with Gasteiger partial charge in [0.1, 0.15) is 0 Å². The van der Waals surface area contributed by atoms with Crippen molar-refractivity contribution in [2.75, 3.05) is 18.2 Å². The molecule has 1 aliphatic heterocycles. The van der Waals surface area contributed by atoms with Crippen LogP contribution in [-0.4, -0.2) is 35.0 Å². The molecule has 0 saturated carbocycles. The highest BCUT2D eigenvalue weighted by Gasteiger charge is 2.21. The molecule has 90 valence electrons. The smallest absolute Gasteiger partial charge is 0.314 e. The maximum absolute atomic E-state index is 11.8. The number of nitrogens with one attached hydrogen (secondary N) is 1. The molecule has 0 radical (unpaired) electrons. The molecule has 0 aliphatic carbocycles. The van der Waals surface area contributed by atoms with Gasteiger partial charge in [-0.2, -0.15) is 0 Å². The fraction of sp³-hybridized carbons (Fsp3) is 0.273. The first-order chi connectivity index (χ1) is 8.18. The van der Waals surface area contributed by atoms with Gasteiger partial charge in [0.2, 0.25) is 0 Å². The van der Waals surface area contributed by atoms with Crippen molar-refractivity contribution in [2.24, 2.45) is 0 Å². The van der Waals surface area contributed by atoms with Crippen molar-refractivity contribution in [2.45, 2.75) is 0 Å². The summed E-state index contributed by atoms with van der Waals surface area (Å²) in [6, 6.07) is 6.28. The van der Waals surface area contributed by atoms with E-state index in [9.17, 15) is 9.59 Å². The Labute approximate surface area is 108 Å². The average molecular weight is 271 g/mol. The van der Waals surface area contributed by atoms with E-state index >= 15 is 0 Å². The van der Waals surface area contributed by atoms with Crippen molar-refractivity contribution in [1.29, 1.82) is 0 Å². The summed E-state index contributed by atoms with van der Waals surface area (Å²) in [6.45, 7) is 0.673. The van der Waals surface area contributed by atoms with Crippen molar-refractivity contribution >= 4 is 35.3 Å². The molecule has 3 amide bonds. The number of nitrogens with zero attached hydrogens (tertiary/aromatic N) is 1. The molecule has 4 nitrogen and oxygen atoms in total. The molecule has 1 fully saturated rings. The highest BCUT2D eigenvalue weighted by Crippen LogP contribution is 2.16. The average Bonchev–Trinajstić information content (AvgIpc) is 2.82. The molecule has 17 heavy (non-hydrogen) atoms. The molecule has 6 heteroatoms. The van der Waals surface area contributed by atoms with Crippen molar-refractivity contribution in [3.05, 3.63) is 34.9 Å². The molecular formula is C11H11ClN2O2S. The molecule has 1 heterocycles. The van der Waals surface area contributed by atoms with Gasteiger partial charge in [-0.25, -0.2) is 4.79 Å². The molecule has 1 saturated heterocycles. The Bertz CT molecular complexity index is 447. The maximum Gasteiger partial charge on any atom is 0.325 e. The van der Waals surface area contributed by atoms with E-state index in [4.69, 9.17) is 11.6 Å². The maximum atomic E-state index is 11.8. The molecule has 2 rings (SSSR count). The summed E-state index contributed by atoms with van der Waals surface area (Å²) in [6.07, 6.45) is 0. The van der Waals surface area contributed by atoms with Gasteiger partial charge in [0, 0.05) is 12.3 Å². The van der Waals surface area contributed by atoms with E-state index in [0.717, 1.165) is 5.75 Å². The highest BCUT2D eigenvalue weighted by atomic mass is 35.5. The van der Waals surface area contributed by atoms with Crippen molar-refractivity contribution < 1.29 is 9.59 Å². The number of amides is 3. The predicted molar refractivity (Wildman–Crippen MR) is 68.3 cm³/mol. The van der Waals surface area contributed by atoms with Crippen molar-refractivity contribution in [3.63, 3.8) is 0 Å². The topological polar surface area (TPSA) is 49.4 Å². The van der Waals surface area contributed by atoms with Crippen LogP contribution in [0.1, 0.15) is 10.4 Å². The van der Waals surface area contributed by atoms with Crippen LogP contribution in [0.2, 0.25) is 5.02 Å². The third-order valence-electron chi connectivity index (χ3n) is 2.38. The summed E-state index contributed by atoms with van der Waals surface area (Å²) >= 11 is 7.54. The Morgan fingerprint density at radius 1 is 1.35 bits per heavy atom. The van der Waals surface area contributed by atoms with Gasteiger partial charge in [0.25, 0.3) is 5.91 Å². The second-order valence-electron chi connectivity index (χ2n) is 3.54. The molecule has 1 aromatic rings. The van der Waals surface area contributed by atoms with Gasteiger partial charge in [-0.1, -0.05) is 23.7 Å². The van der Waals surface area contributed by atoms with Crippen molar-refractivity contribution in [1.82, 2.24) is 10.2 Å². The second kappa shape index (κ2) is 5.42. The standard InChI is InChI=1S/C11H11ClN2O2S/c12-9-4-2-1-3-8(9)10(15)13-11(16)14-5-6-17-7-14/h1-4H,5-7H2,(H,13,15,16). The van der Waals surface area contributed by atoms with Crippen LogP contribution in [-0.2, 0) is 0 Å². The summed E-state index contributed by atoms with van der Waals surface area (Å²) in [4.78, 5) is 25.1. The quantitative estimate of drug-likeness (QED) is 0.851. The number of rotatable bonds is 1. The first-order valence-electron chi connectivity index (χ1n) is 5.11. The molecule has 0 bridgehead atoms. The number of hydrogen-bond donors (Lipinski definition) is 1. The third-order valence-corrected chi connectivity index (χ3v) is 3.67.